The van der Waals surface area contributed by atoms with Gasteiger partial charge < -0.3 is 15.4 Å². The second-order valence-corrected chi connectivity index (χ2v) is 3.94. The predicted octanol–water partition coefficient (Wildman–Crippen LogP) is 1.89. The molecule has 17 heavy (non-hydrogen) atoms. The minimum atomic E-state index is 0.660. The van der Waals surface area contributed by atoms with Crippen LogP contribution in [0, 0.1) is 0 Å². The molecule has 0 aliphatic heterocycles. The first-order valence-electron chi connectivity index (χ1n) is 5.52. The van der Waals surface area contributed by atoms with Crippen molar-refractivity contribution in [2.75, 3.05) is 20.2 Å². The fourth-order valence-electron chi connectivity index (χ4n) is 1.38. The third kappa shape index (κ3) is 5.36. The van der Waals surface area contributed by atoms with Crippen LogP contribution < -0.4 is 15.4 Å². The van der Waals surface area contributed by atoms with Gasteiger partial charge in [0.15, 0.2) is 5.11 Å². The molecule has 0 aromatic heterocycles. The molecule has 4 heteroatoms. The Morgan fingerprint density at radius 1 is 1.47 bits per heavy atom. The molecule has 0 unspecified atom stereocenters. The maximum Gasteiger partial charge on any atom is 0.166 e. The van der Waals surface area contributed by atoms with Crippen molar-refractivity contribution >= 4 is 17.3 Å². The van der Waals surface area contributed by atoms with Crippen LogP contribution in [0.4, 0.5) is 0 Å². The second-order valence-electron chi connectivity index (χ2n) is 3.53. The highest BCUT2D eigenvalue weighted by Crippen LogP contribution is 2.12. The summed E-state index contributed by atoms with van der Waals surface area (Å²) in [5.74, 6) is 0.884. The molecule has 2 N–H and O–H groups in total. The normalized spacial score (nSPS) is 9.47. The summed E-state index contributed by atoms with van der Waals surface area (Å²) >= 11 is 5.09. The van der Waals surface area contributed by atoms with Crippen LogP contribution >= 0.6 is 12.2 Å². The van der Waals surface area contributed by atoms with Gasteiger partial charge in [0.2, 0.25) is 0 Å². The lowest BCUT2D eigenvalue weighted by molar-refractivity contribution is 0.414. The van der Waals surface area contributed by atoms with Crippen LogP contribution in [0.2, 0.25) is 0 Å². The van der Waals surface area contributed by atoms with Crippen LogP contribution in [0.3, 0.4) is 0 Å². The van der Waals surface area contributed by atoms with Crippen LogP contribution in [-0.4, -0.2) is 25.3 Å². The van der Waals surface area contributed by atoms with E-state index >= 15 is 0 Å². The molecule has 3 nitrogen and oxygen atoms in total. The molecule has 0 heterocycles. The topological polar surface area (TPSA) is 33.3 Å². The molecule has 0 saturated heterocycles. The lowest BCUT2D eigenvalue weighted by Gasteiger charge is -2.09. The number of thiocarbonyl (C=S) groups is 1. The van der Waals surface area contributed by atoms with Gasteiger partial charge in [0.25, 0.3) is 0 Å². The van der Waals surface area contributed by atoms with Crippen LogP contribution in [0.15, 0.2) is 36.9 Å². The average Bonchev–Trinajstić information content (AvgIpc) is 2.36. The molecular formula is C13H18N2OS. The van der Waals surface area contributed by atoms with Crippen molar-refractivity contribution in [3.05, 3.63) is 42.5 Å². The molecule has 0 bridgehead atoms. The number of hydrogen-bond acceptors (Lipinski definition) is 2. The van der Waals surface area contributed by atoms with Crippen molar-refractivity contribution in [3.8, 4) is 5.75 Å². The number of methoxy groups -OCH3 is 1. The zero-order valence-electron chi connectivity index (χ0n) is 10.0. The lowest BCUT2D eigenvalue weighted by Crippen LogP contribution is -2.36. The van der Waals surface area contributed by atoms with E-state index in [1.54, 1.807) is 13.2 Å². The van der Waals surface area contributed by atoms with E-state index < -0.39 is 0 Å². The van der Waals surface area contributed by atoms with Crippen molar-refractivity contribution in [1.29, 1.82) is 0 Å². The molecule has 1 rings (SSSR count). The molecule has 0 aliphatic rings. The molecule has 1 aromatic carbocycles. The summed E-state index contributed by atoms with van der Waals surface area (Å²) in [5.41, 5.74) is 1.23. The third-order valence-corrected chi connectivity index (χ3v) is 2.53. The van der Waals surface area contributed by atoms with Gasteiger partial charge in [-0.2, -0.15) is 0 Å². The number of ether oxygens (including phenoxy) is 1. The highest BCUT2D eigenvalue weighted by molar-refractivity contribution is 7.80. The Kier molecular flexibility index (Phi) is 6.10. The molecule has 1 aromatic rings. The number of benzene rings is 1. The Morgan fingerprint density at radius 3 is 3.00 bits per heavy atom. The van der Waals surface area contributed by atoms with Gasteiger partial charge >= 0.3 is 0 Å². The van der Waals surface area contributed by atoms with Gasteiger partial charge in [0.05, 0.1) is 7.11 Å². The van der Waals surface area contributed by atoms with E-state index in [2.05, 4.69) is 23.3 Å². The smallest absolute Gasteiger partial charge is 0.166 e. The summed E-state index contributed by atoms with van der Waals surface area (Å²) in [6.45, 7) is 5.10. The molecule has 92 valence electrons. The zero-order chi connectivity index (χ0) is 12.5. The summed E-state index contributed by atoms with van der Waals surface area (Å²) < 4.78 is 5.17. The van der Waals surface area contributed by atoms with E-state index in [0.717, 1.165) is 18.7 Å². The molecule has 0 aliphatic carbocycles. The predicted molar refractivity (Wildman–Crippen MR) is 75.5 cm³/mol. The van der Waals surface area contributed by atoms with E-state index in [-0.39, 0.29) is 0 Å². The molecule has 0 saturated carbocycles. The van der Waals surface area contributed by atoms with Gasteiger partial charge in [0, 0.05) is 13.1 Å². The Balaban J connectivity index is 2.30. The maximum absolute atomic E-state index is 5.17. The first-order valence-corrected chi connectivity index (χ1v) is 5.92. The van der Waals surface area contributed by atoms with Gasteiger partial charge in [-0.1, -0.05) is 18.2 Å². The van der Waals surface area contributed by atoms with Gasteiger partial charge in [-0.25, -0.2) is 0 Å². The number of nitrogens with one attached hydrogen (secondary N) is 2. The van der Waals surface area contributed by atoms with E-state index in [1.807, 2.05) is 18.2 Å². The number of rotatable bonds is 6. The highest BCUT2D eigenvalue weighted by Gasteiger charge is 1.97. The summed E-state index contributed by atoms with van der Waals surface area (Å²) in [7, 11) is 1.67. The maximum atomic E-state index is 5.17. The number of hydrogen-bond donors (Lipinski definition) is 2. The van der Waals surface area contributed by atoms with Crippen molar-refractivity contribution in [3.63, 3.8) is 0 Å². The standard InChI is InChI=1S/C13H18N2OS/c1-3-8-14-13(17)15-9-7-11-5-4-6-12(10-11)16-2/h3-6,10H,1,7-9H2,2H3,(H2,14,15,17). The van der Waals surface area contributed by atoms with Crippen LogP contribution in [0.5, 0.6) is 5.75 Å². The van der Waals surface area contributed by atoms with Crippen LogP contribution in [0.25, 0.3) is 0 Å². The van der Waals surface area contributed by atoms with E-state index in [1.165, 1.54) is 5.56 Å². The van der Waals surface area contributed by atoms with Crippen molar-refractivity contribution in [2.24, 2.45) is 0 Å². The molecule has 0 radical (unpaired) electrons. The second kappa shape index (κ2) is 7.68. The van der Waals surface area contributed by atoms with Crippen molar-refractivity contribution in [1.82, 2.24) is 10.6 Å². The van der Waals surface area contributed by atoms with Crippen molar-refractivity contribution < 1.29 is 4.74 Å². The first-order chi connectivity index (χ1) is 8.26. The monoisotopic (exact) mass is 250 g/mol. The SMILES string of the molecule is C=CCNC(=S)NCCc1cccc(OC)c1. The minimum absolute atomic E-state index is 0.660. The molecule has 0 fully saturated rings. The molecule has 0 spiro atoms. The Morgan fingerprint density at radius 2 is 2.29 bits per heavy atom. The zero-order valence-corrected chi connectivity index (χ0v) is 10.8. The largest absolute Gasteiger partial charge is 0.497 e. The van der Waals surface area contributed by atoms with Gasteiger partial charge in [-0.05, 0) is 36.3 Å². The quantitative estimate of drug-likeness (QED) is 0.597. The minimum Gasteiger partial charge on any atom is -0.497 e. The molecular weight excluding hydrogens is 232 g/mol. The molecule has 0 amide bonds. The molecule has 0 atom stereocenters. The van der Waals surface area contributed by atoms with Crippen LogP contribution in [0.1, 0.15) is 5.56 Å². The third-order valence-electron chi connectivity index (χ3n) is 2.24. The van der Waals surface area contributed by atoms with Gasteiger partial charge in [-0.15, -0.1) is 6.58 Å². The van der Waals surface area contributed by atoms with E-state index in [4.69, 9.17) is 17.0 Å². The first kappa shape index (κ1) is 13.5. The van der Waals surface area contributed by atoms with Crippen molar-refractivity contribution in [2.45, 2.75) is 6.42 Å². The van der Waals surface area contributed by atoms with Gasteiger partial charge in [0.1, 0.15) is 5.75 Å². The Hall–Kier alpha value is -1.55. The summed E-state index contributed by atoms with van der Waals surface area (Å²) in [6.07, 6.45) is 2.68. The van der Waals surface area contributed by atoms with E-state index in [0.29, 0.717) is 11.7 Å². The average molecular weight is 250 g/mol. The Labute approximate surface area is 108 Å². The summed E-state index contributed by atoms with van der Waals surface area (Å²) in [4.78, 5) is 0. The summed E-state index contributed by atoms with van der Waals surface area (Å²) in [5, 5.41) is 6.81. The fourth-order valence-corrected chi connectivity index (χ4v) is 1.56. The Bertz CT molecular complexity index is 379. The van der Waals surface area contributed by atoms with Gasteiger partial charge in [-0.3, -0.25) is 0 Å². The fraction of sp³-hybridized carbons (Fsp3) is 0.308. The highest BCUT2D eigenvalue weighted by atomic mass is 32.1. The van der Waals surface area contributed by atoms with Crippen LogP contribution in [-0.2, 0) is 6.42 Å². The summed E-state index contributed by atoms with van der Waals surface area (Å²) in [6, 6.07) is 8.03. The lowest BCUT2D eigenvalue weighted by atomic mass is 10.1. The van der Waals surface area contributed by atoms with E-state index in [9.17, 15) is 0 Å².